The number of rotatable bonds is 3. The number of hydrogen-bond acceptors (Lipinski definition) is 6. The third-order valence-electron chi connectivity index (χ3n) is 3.76. The number of para-hydroxylation sites is 1. The lowest BCUT2D eigenvalue weighted by Gasteiger charge is -2.17. The van der Waals surface area contributed by atoms with Crippen LogP contribution < -0.4 is 4.90 Å². The van der Waals surface area contributed by atoms with Gasteiger partial charge in [0.05, 0.1) is 16.9 Å². The third-order valence-corrected chi connectivity index (χ3v) is 6.66. The highest BCUT2D eigenvalue weighted by Gasteiger charge is 2.49. The second-order valence-corrected chi connectivity index (χ2v) is 8.06. The second-order valence-electron chi connectivity index (χ2n) is 5.41. The number of carboxylic acids is 1. The minimum Gasteiger partial charge on any atom is -0.478 e. The van der Waals surface area contributed by atoms with Crippen LogP contribution in [0.2, 0.25) is 0 Å². The summed E-state index contributed by atoms with van der Waals surface area (Å²) in [5.74, 6) is -1.07. The monoisotopic (exact) mass is 401 g/mol. The predicted molar refractivity (Wildman–Crippen MR) is 108 cm³/mol. The molecule has 0 saturated carbocycles. The molecule has 1 amide bonds. The van der Waals surface area contributed by atoms with E-state index in [0.29, 0.717) is 15.2 Å². The van der Waals surface area contributed by atoms with E-state index in [0.717, 1.165) is 5.69 Å². The molecule has 9 heteroatoms. The van der Waals surface area contributed by atoms with Crippen LogP contribution in [0.15, 0.2) is 59.6 Å². The van der Waals surface area contributed by atoms with Gasteiger partial charge in [-0.15, -0.1) is 0 Å². The summed E-state index contributed by atoms with van der Waals surface area (Å²) in [4.78, 5) is 29.7. The Morgan fingerprint density at radius 3 is 2.42 bits per heavy atom. The van der Waals surface area contributed by atoms with Gasteiger partial charge >= 0.3 is 5.97 Å². The van der Waals surface area contributed by atoms with Crippen LogP contribution in [0.25, 0.3) is 0 Å². The highest BCUT2D eigenvalue weighted by atomic mass is 32.2. The van der Waals surface area contributed by atoms with Crippen LogP contribution in [0.3, 0.4) is 0 Å². The molecule has 0 radical (unpaired) electrons. The first-order valence-electron chi connectivity index (χ1n) is 7.53. The maximum atomic E-state index is 12.8. The molecule has 2 aromatic carbocycles. The Kier molecular flexibility index (Phi) is 4.43. The van der Waals surface area contributed by atoms with Crippen LogP contribution in [0, 0.1) is 0 Å². The lowest BCUT2D eigenvalue weighted by molar-refractivity contribution is -0.117. The molecular formula is C17H11N3O3S3. The molecule has 130 valence electrons. The van der Waals surface area contributed by atoms with E-state index >= 15 is 0 Å². The first-order valence-corrected chi connectivity index (χ1v) is 9.59. The van der Waals surface area contributed by atoms with Crippen molar-refractivity contribution >= 4 is 68.7 Å². The van der Waals surface area contributed by atoms with E-state index in [1.54, 1.807) is 21.3 Å². The number of fused-ring (bicyclic) bond motifs is 1. The van der Waals surface area contributed by atoms with E-state index < -0.39 is 11.3 Å². The fourth-order valence-corrected chi connectivity index (χ4v) is 5.37. The van der Waals surface area contributed by atoms with Crippen LogP contribution in [0.5, 0.6) is 0 Å². The lowest BCUT2D eigenvalue weighted by Crippen LogP contribution is -2.31. The van der Waals surface area contributed by atoms with E-state index in [-0.39, 0.29) is 11.5 Å². The van der Waals surface area contributed by atoms with Crippen molar-refractivity contribution in [3.8, 4) is 0 Å². The van der Waals surface area contributed by atoms with E-state index in [4.69, 9.17) is 17.3 Å². The smallest absolute Gasteiger partial charge is 0.335 e. The molecule has 4 rings (SSSR count). The Labute approximate surface area is 163 Å². The topological polar surface area (TPSA) is 73.2 Å². The number of aromatic carboxylic acids is 1. The van der Waals surface area contributed by atoms with E-state index in [1.807, 2.05) is 30.3 Å². The molecule has 2 aliphatic heterocycles. The van der Waals surface area contributed by atoms with Crippen LogP contribution in [-0.4, -0.2) is 36.2 Å². The number of thioether (sulfide) groups is 1. The van der Waals surface area contributed by atoms with Crippen LogP contribution in [0.4, 0.5) is 11.4 Å². The predicted octanol–water partition coefficient (Wildman–Crippen LogP) is 3.73. The fraction of sp³-hybridized carbons (Fsp3) is 0.0588. The Balaban J connectivity index is 1.54. The first kappa shape index (κ1) is 17.1. The molecule has 2 aromatic rings. The lowest BCUT2D eigenvalue weighted by atomic mass is 10.2. The summed E-state index contributed by atoms with van der Waals surface area (Å²) >= 11 is 8.14. The molecular weight excluding hydrogens is 390 g/mol. The number of thiocarbonyl (C=S) groups is 1. The van der Waals surface area contributed by atoms with E-state index in [9.17, 15) is 9.59 Å². The number of nitrogens with zero attached hydrogens (tertiary/aromatic N) is 3. The molecule has 26 heavy (non-hydrogen) atoms. The molecule has 2 aliphatic rings. The van der Waals surface area contributed by atoms with Crippen molar-refractivity contribution in [2.75, 3.05) is 4.90 Å². The van der Waals surface area contributed by atoms with Gasteiger partial charge in [0.25, 0.3) is 5.91 Å². The number of carboxylic acid groups (broad SMARTS) is 1. The van der Waals surface area contributed by atoms with Crippen molar-refractivity contribution in [2.24, 2.45) is 4.99 Å². The number of carbonyl (C=O) groups is 2. The summed E-state index contributed by atoms with van der Waals surface area (Å²) in [7, 11) is 0. The van der Waals surface area contributed by atoms with Gasteiger partial charge in [0.15, 0.2) is 14.9 Å². The normalized spacial score (nSPS) is 20.8. The van der Waals surface area contributed by atoms with Gasteiger partial charge in [-0.2, -0.15) is 0 Å². The van der Waals surface area contributed by atoms with Gasteiger partial charge in [0.1, 0.15) is 0 Å². The summed E-state index contributed by atoms with van der Waals surface area (Å²) < 4.78 is 2.47. The largest absolute Gasteiger partial charge is 0.478 e. The van der Waals surface area contributed by atoms with Gasteiger partial charge in [-0.25, -0.2) is 9.79 Å². The van der Waals surface area contributed by atoms with E-state index in [1.165, 1.54) is 35.8 Å². The van der Waals surface area contributed by atoms with Crippen molar-refractivity contribution < 1.29 is 14.7 Å². The zero-order valence-corrected chi connectivity index (χ0v) is 15.6. The minimum absolute atomic E-state index is 0.0925. The Hall–Kier alpha value is -2.36. The molecule has 2 heterocycles. The molecule has 0 bridgehead atoms. The highest BCUT2D eigenvalue weighted by molar-refractivity contribution is 8.41. The van der Waals surface area contributed by atoms with Gasteiger partial charge in [0.2, 0.25) is 0 Å². The minimum atomic E-state index is -0.980. The molecule has 6 nitrogen and oxygen atoms in total. The van der Waals surface area contributed by atoms with Crippen molar-refractivity contribution in [3.63, 3.8) is 0 Å². The molecule has 2 saturated heterocycles. The van der Waals surface area contributed by atoms with Crippen molar-refractivity contribution in [3.05, 3.63) is 60.2 Å². The summed E-state index contributed by atoms with van der Waals surface area (Å²) in [5.41, 5.74) is 1.58. The zero-order valence-electron chi connectivity index (χ0n) is 13.1. The number of benzene rings is 2. The SMILES string of the molecule is O=C(O)c1ccc(N=C2SC3C(=O)N(c4ccccc4)C(=S)N3S2)cc1. The van der Waals surface area contributed by atoms with Gasteiger partial charge < -0.3 is 5.11 Å². The third kappa shape index (κ3) is 2.98. The standard InChI is InChI=1S/C17H11N3O3S3/c21-13-14-20(17(24)19(13)12-4-2-1-3-5-12)26-16(25-14)18-11-8-6-10(7-9-11)15(22)23/h1-9,14H,(H,22,23). The van der Waals surface area contributed by atoms with Gasteiger partial charge in [-0.1, -0.05) is 30.0 Å². The van der Waals surface area contributed by atoms with Crippen LogP contribution in [0.1, 0.15) is 10.4 Å². The van der Waals surface area contributed by atoms with Gasteiger partial charge in [-0.3, -0.25) is 14.0 Å². The number of hydrogen-bond donors (Lipinski definition) is 1. The summed E-state index contributed by atoms with van der Waals surface area (Å²) in [5, 5.41) is 8.94. The summed E-state index contributed by atoms with van der Waals surface area (Å²) in [6.45, 7) is 0. The van der Waals surface area contributed by atoms with Crippen molar-refractivity contribution in [1.82, 2.24) is 4.31 Å². The molecule has 2 fully saturated rings. The quantitative estimate of drug-likeness (QED) is 0.621. The fourth-order valence-electron chi connectivity index (χ4n) is 2.54. The van der Waals surface area contributed by atoms with Crippen molar-refractivity contribution in [2.45, 2.75) is 5.37 Å². The number of anilines is 1. The first-order chi connectivity index (χ1) is 12.5. The molecule has 0 aliphatic carbocycles. The molecule has 1 N–H and O–H groups in total. The Bertz CT molecular complexity index is 905. The maximum absolute atomic E-state index is 12.8. The Morgan fingerprint density at radius 1 is 1.12 bits per heavy atom. The van der Waals surface area contributed by atoms with Crippen LogP contribution in [-0.2, 0) is 4.79 Å². The average Bonchev–Trinajstić information content (AvgIpc) is 3.15. The summed E-state index contributed by atoms with van der Waals surface area (Å²) in [6.07, 6.45) is 0. The zero-order chi connectivity index (χ0) is 18.3. The summed E-state index contributed by atoms with van der Waals surface area (Å²) in [6, 6.07) is 15.6. The number of carbonyl (C=O) groups excluding carboxylic acids is 1. The highest BCUT2D eigenvalue weighted by Crippen LogP contribution is 2.45. The number of aliphatic imine (C=N–C) groups is 1. The molecule has 0 spiro atoms. The average molecular weight is 401 g/mol. The van der Waals surface area contributed by atoms with Gasteiger partial charge in [0, 0.05) is 11.9 Å². The Morgan fingerprint density at radius 2 is 1.81 bits per heavy atom. The molecule has 1 atom stereocenters. The van der Waals surface area contributed by atoms with Gasteiger partial charge in [-0.05, 0) is 48.6 Å². The van der Waals surface area contributed by atoms with Crippen LogP contribution >= 0.6 is 35.9 Å². The molecule has 1 unspecified atom stereocenters. The van der Waals surface area contributed by atoms with E-state index in [2.05, 4.69) is 4.99 Å². The molecule has 0 aromatic heterocycles. The second kappa shape index (κ2) is 6.75. The van der Waals surface area contributed by atoms with Crippen molar-refractivity contribution in [1.29, 1.82) is 0 Å². The number of amides is 1. The maximum Gasteiger partial charge on any atom is 0.335 e.